The van der Waals surface area contributed by atoms with Crippen LogP contribution in [0.4, 0.5) is 0 Å². The van der Waals surface area contributed by atoms with Gasteiger partial charge in [-0.1, -0.05) is 0 Å². The lowest BCUT2D eigenvalue weighted by atomic mass is 9.99. The highest BCUT2D eigenvalue weighted by molar-refractivity contribution is 5.87. The summed E-state index contributed by atoms with van der Waals surface area (Å²) in [6.45, 7) is 0.936. The Bertz CT molecular complexity index is 179. The zero-order valence-electron chi connectivity index (χ0n) is 6.42. The molecule has 1 heterocycles. The number of ether oxygens (including phenoxy) is 1. The fourth-order valence-corrected chi connectivity index (χ4v) is 1.14. The zero-order valence-corrected chi connectivity index (χ0v) is 6.42. The number of nitrogens with one attached hydrogen (secondary N) is 1. The molecule has 0 saturated carbocycles. The normalized spacial score (nSPS) is 24.8. The number of carbonyl (C=O) groups is 2. The highest BCUT2D eigenvalue weighted by atomic mass is 16.5. The molecule has 4 heteroatoms. The minimum absolute atomic E-state index is 0.0756. The van der Waals surface area contributed by atoms with Crippen molar-refractivity contribution in [3.63, 3.8) is 0 Å². The molecular formula is C7H11NO3. The van der Waals surface area contributed by atoms with Crippen molar-refractivity contribution in [1.29, 1.82) is 0 Å². The smallest absolute Gasteiger partial charge is 0.310 e. The van der Waals surface area contributed by atoms with E-state index in [-0.39, 0.29) is 17.7 Å². The number of hydrogen-bond donors (Lipinski definition) is 1. The first kappa shape index (κ1) is 8.20. The van der Waals surface area contributed by atoms with Gasteiger partial charge in [-0.15, -0.1) is 0 Å². The maximum atomic E-state index is 10.9. The molecule has 0 amide bonds. The van der Waals surface area contributed by atoms with Gasteiger partial charge in [0.05, 0.1) is 19.6 Å². The maximum Gasteiger partial charge on any atom is 0.310 e. The van der Waals surface area contributed by atoms with Gasteiger partial charge < -0.3 is 10.1 Å². The number of piperidine rings is 1. The molecule has 1 atom stereocenters. The quantitative estimate of drug-likeness (QED) is 0.513. The van der Waals surface area contributed by atoms with Crippen LogP contribution in [0.25, 0.3) is 0 Å². The maximum absolute atomic E-state index is 10.9. The number of rotatable bonds is 1. The van der Waals surface area contributed by atoms with Crippen LogP contribution in [0, 0.1) is 5.92 Å². The summed E-state index contributed by atoms with van der Waals surface area (Å²) >= 11 is 0. The van der Waals surface area contributed by atoms with Crippen molar-refractivity contribution >= 4 is 11.8 Å². The Kier molecular flexibility index (Phi) is 2.59. The summed E-state index contributed by atoms with van der Waals surface area (Å²) in [7, 11) is 1.33. The van der Waals surface area contributed by atoms with Crippen LogP contribution in [0.5, 0.6) is 0 Å². The molecule has 1 aliphatic heterocycles. The van der Waals surface area contributed by atoms with E-state index in [4.69, 9.17) is 0 Å². The third kappa shape index (κ3) is 2.01. The Hall–Kier alpha value is -0.900. The van der Waals surface area contributed by atoms with Crippen LogP contribution in [-0.2, 0) is 14.3 Å². The summed E-state index contributed by atoms with van der Waals surface area (Å²) < 4.78 is 4.51. The van der Waals surface area contributed by atoms with E-state index in [1.807, 2.05) is 0 Å². The summed E-state index contributed by atoms with van der Waals surface area (Å²) in [5, 5.41) is 2.85. The molecule has 0 aromatic rings. The van der Waals surface area contributed by atoms with Crippen LogP contribution in [0.1, 0.15) is 6.42 Å². The molecule has 1 fully saturated rings. The fourth-order valence-electron chi connectivity index (χ4n) is 1.14. The van der Waals surface area contributed by atoms with Crippen molar-refractivity contribution in [3.05, 3.63) is 0 Å². The Morgan fingerprint density at radius 1 is 1.73 bits per heavy atom. The molecule has 0 aromatic heterocycles. The largest absolute Gasteiger partial charge is 0.469 e. The number of Topliss-reactive ketones (excluding diaryl/α,β-unsaturated/α-hetero) is 1. The highest BCUT2D eigenvalue weighted by Crippen LogP contribution is 2.08. The van der Waals surface area contributed by atoms with E-state index < -0.39 is 0 Å². The third-order valence-corrected chi connectivity index (χ3v) is 1.72. The number of esters is 1. The standard InChI is InChI=1S/C7H11NO3/c1-11-7(10)5-2-6(9)4-8-3-5/h5,8H,2-4H2,1H3. The van der Waals surface area contributed by atoms with Gasteiger partial charge in [0.15, 0.2) is 0 Å². The van der Waals surface area contributed by atoms with Crippen LogP contribution < -0.4 is 5.32 Å². The molecule has 0 spiro atoms. The molecule has 1 N–H and O–H groups in total. The second-order valence-electron chi connectivity index (χ2n) is 2.59. The molecule has 0 aliphatic carbocycles. The van der Waals surface area contributed by atoms with Crippen LogP contribution >= 0.6 is 0 Å². The van der Waals surface area contributed by atoms with E-state index in [1.165, 1.54) is 7.11 Å². The van der Waals surface area contributed by atoms with Crippen molar-refractivity contribution in [2.24, 2.45) is 5.92 Å². The van der Waals surface area contributed by atoms with Gasteiger partial charge in [0.2, 0.25) is 0 Å². The second kappa shape index (κ2) is 3.48. The predicted octanol–water partition coefficient (Wildman–Crippen LogP) is -0.662. The number of methoxy groups -OCH3 is 1. The van der Waals surface area contributed by atoms with E-state index in [9.17, 15) is 9.59 Å². The molecule has 0 aromatic carbocycles. The molecule has 0 radical (unpaired) electrons. The highest BCUT2D eigenvalue weighted by Gasteiger charge is 2.25. The SMILES string of the molecule is COC(=O)C1CNCC(=O)C1. The minimum Gasteiger partial charge on any atom is -0.469 e. The van der Waals surface area contributed by atoms with Crippen molar-refractivity contribution in [2.75, 3.05) is 20.2 Å². The molecule has 1 saturated heterocycles. The van der Waals surface area contributed by atoms with Crippen molar-refractivity contribution in [2.45, 2.75) is 6.42 Å². The second-order valence-corrected chi connectivity index (χ2v) is 2.59. The molecule has 62 valence electrons. The summed E-state index contributed by atoms with van der Waals surface area (Å²) in [6, 6.07) is 0. The molecule has 11 heavy (non-hydrogen) atoms. The Balaban J connectivity index is 2.45. The lowest BCUT2D eigenvalue weighted by molar-refractivity contribution is -0.147. The van der Waals surface area contributed by atoms with Crippen LogP contribution in [0.2, 0.25) is 0 Å². The summed E-state index contributed by atoms with van der Waals surface area (Å²) in [5.41, 5.74) is 0. The molecule has 1 aliphatic rings. The summed E-state index contributed by atoms with van der Waals surface area (Å²) in [4.78, 5) is 21.7. The van der Waals surface area contributed by atoms with E-state index in [0.29, 0.717) is 19.5 Å². The van der Waals surface area contributed by atoms with Gasteiger partial charge in [-0.2, -0.15) is 0 Å². The fraction of sp³-hybridized carbons (Fsp3) is 0.714. The number of carbonyl (C=O) groups excluding carboxylic acids is 2. The Morgan fingerprint density at radius 2 is 2.45 bits per heavy atom. The molecule has 4 nitrogen and oxygen atoms in total. The Labute approximate surface area is 64.9 Å². The van der Waals surface area contributed by atoms with Crippen LogP contribution in [0.3, 0.4) is 0 Å². The van der Waals surface area contributed by atoms with Gasteiger partial charge >= 0.3 is 5.97 Å². The predicted molar refractivity (Wildman–Crippen MR) is 38.0 cm³/mol. The first-order valence-electron chi connectivity index (χ1n) is 3.54. The lowest BCUT2D eigenvalue weighted by Gasteiger charge is -2.18. The summed E-state index contributed by atoms with van der Waals surface area (Å²) in [5.74, 6) is -0.501. The zero-order chi connectivity index (χ0) is 8.27. The third-order valence-electron chi connectivity index (χ3n) is 1.72. The number of ketones is 1. The van der Waals surface area contributed by atoms with Gasteiger partial charge in [0, 0.05) is 13.0 Å². The topological polar surface area (TPSA) is 55.4 Å². The summed E-state index contributed by atoms with van der Waals surface area (Å²) in [6.07, 6.45) is 0.319. The van der Waals surface area contributed by atoms with Crippen LogP contribution in [-0.4, -0.2) is 32.0 Å². The first-order chi connectivity index (χ1) is 5.24. The van der Waals surface area contributed by atoms with Crippen molar-refractivity contribution < 1.29 is 14.3 Å². The van der Waals surface area contributed by atoms with E-state index >= 15 is 0 Å². The average Bonchev–Trinajstić information content (AvgIpc) is 2.03. The van der Waals surface area contributed by atoms with Gasteiger partial charge in [-0.3, -0.25) is 9.59 Å². The molecule has 1 unspecified atom stereocenters. The Morgan fingerprint density at radius 3 is 3.00 bits per heavy atom. The van der Waals surface area contributed by atoms with Crippen LogP contribution in [0.15, 0.2) is 0 Å². The lowest BCUT2D eigenvalue weighted by Crippen LogP contribution is -2.40. The molecule has 1 rings (SSSR count). The monoisotopic (exact) mass is 157 g/mol. The first-order valence-corrected chi connectivity index (χ1v) is 3.54. The van der Waals surface area contributed by atoms with E-state index in [2.05, 4.69) is 10.1 Å². The van der Waals surface area contributed by atoms with Gasteiger partial charge in [0.25, 0.3) is 0 Å². The van der Waals surface area contributed by atoms with Crippen molar-refractivity contribution in [1.82, 2.24) is 5.32 Å². The van der Waals surface area contributed by atoms with Gasteiger partial charge in [0.1, 0.15) is 5.78 Å². The average molecular weight is 157 g/mol. The van der Waals surface area contributed by atoms with Gasteiger partial charge in [-0.05, 0) is 0 Å². The van der Waals surface area contributed by atoms with Crippen molar-refractivity contribution in [3.8, 4) is 0 Å². The molecule has 0 bridgehead atoms. The van der Waals surface area contributed by atoms with Gasteiger partial charge in [-0.25, -0.2) is 0 Å². The minimum atomic E-state index is -0.300. The molecular weight excluding hydrogens is 146 g/mol. The van der Waals surface area contributed by atoms with E-state index in [0.717, 1.165) is 0 Å². The number of hydrogen-bond acceptors (Lipinski definition) is 4. The van der Waals surface area contributed by atoms with E-state index in [1.54, 1.807) is 0 Å².